The Kier molecular flexibility index (Phi) is 4.55. The van der Waals surface area contributed by atoms with Crippen LogP contribution in [-0.2, 0) is 6.54 Å². The van der Waals surface area contributed by atoms with Crippen LogP contribution in [0.1, 0.15) is 15.9 Å². The van der Waals surface area contributed by atoms with Gasteiger partial charge in [-0.25, -0.2) is 0 Å². The number of rotatable bonds is 6. The van der Waals surface area contributed by atoms with Gasteiger partial charge < -0.3 is 20.5 Å². The minimum atomic E-state index is -0.561. The van der Waals surface area contributed by atoms with Gasteiger partial charge in [-0.05, 0) is 18.2 Å². The van der Waals surface area contributed by atoms with E-state index in [2.05, 4.69) is 15.5 Å². The van der Waals surface area contributed by atoms with Crippen molar-refractivity contribution in [3.8, 4) is 11.5 Å². The Bertz CT molecular complexity index is 646. The van der Waals surface area contributed by atoms with E-state index in [0.717, 1.165) is 5.56 Å². The summed E-state index contributed by atoms with van der Waals surface area (Å²) in [7, 11) is 3.17. The zero-order valence-electron chi connectivity index (χ0n) is 11.8. The molecule has 0 aliphatic carbocycles. The molecule has 21 heavy (non-hydrogen) atoms. The average molecular weight is 288 g/mol. The lowest BCUT2D eigenvalue weighted by Crippen LogP contribution is -2.16. The molecule has 7 heteroatoms. The summed E-state index contributed by atoms with van der Waals surface area (Å²) < 4.78 is 10.4. The van der Waals surface area contributed by atoms with Gasteiger partial charge in [0.15, 0.2) is 5.82 Å². The quantitative estimate of drug-likeness (QED) is 0.828. The number of aromatic nitrogens is 2. The Labute approximate surface area is 122 Å². The van der Waals surface area contributed by atoms with E-state index in [-0.39, 0.29) is 5.56 Å². The monoisotopic (exact) mass is 288 g/mol. The standard InChI is InChI=1S/C14H16N4O3/c1-20-10-4-3-9(12(7-10)21-2)8-16-14-11(13(15)19)5-6-17-18-14/h3-7H,8H2,1-2H3,(H2,15,19)(H,16,18). The highest BCUT2D eigenvalue weighted by Gasteiger charge is 2.11. The first-order chi connectivity index (χ1) is 10.2. The zero-order valence-corrected chi connectivity index (χ0v) is 11.8. The molecule has 2 rings (SSSR count). The number of carbonyl (C=O) groups is 1. The number of benzene rings is 1. The van der Waals surface area contributed by atoms with Gasteiger partial charge in [-0.1, -0.05) is 0 Å². The molecule has 0 aliphatic heterocycles. The van der Waals surface area contributed by atoms with Crippen LogP contribution in [0, 0.1) is 0 Å². The number of nitrogens with two attached hydrogens (primary N) is 1. The van der Waals surface area contributed by atoms with Gasteiger partial charge >= 0.3 is 0 Å². The van der Waals surface area contributed by atoms with E-state index in [0.29, 0.717) is 23.9 Å². The molecule has 0 aliphatic rings. The Morgan fingerprint density at radius 2 is 2.10 bits per heavy atom. The minimum Gasteiger partial charge on any atom is -0.497 e. The molecule has 0 saturated carbocycles. The predicted molar refractivity (Wildman–Crippen MR) is 77.4 cm³/mol. The number of hydrogen-bond acceptors (Lipinski definition) is 6. The second-order valence-electron chi connectivity index (χ2n) is 4.19. The third-order valence-corrected chi connectivity index (χ3v) is 2.93. The van der Waals surface area contributed by atoms with E-state index >= 15 is 0 Å². The summed E-state index contributed by atoms with van der Waals surface area (Å²) in [6, 6.07) is 6.99. The Balaban J connectivity index is 2.19. The maximum Gasteiger partial charge on any atom is 0.252 e. The molecule has 7 nitrogen and oxygen atoms in total. The second-order valence-corrected chi connectivity index (χ2v) is 4.19. The lowest BCUT2D eigenvalue weighted by molar-refractivity contribution is 0.100. The number of nitrogens with one attached hydrogen (secondary N) is 1. The van der Waals surface area contributed by atoms with E-state index in [1.54, 1.807) is 20.3 Å². The van der Waals surface area contributed by atoms with Crippen molar-refractivity contribution in [3.63, 3.8) is 0 Å². The number of hydrogen-bond donors (Lipinski definition) is 2. The van der Waals surface area contributed by atoms with Crippen LogP contribution in [0.2, 0.25) is 0 Å². The topological polar surface area (TPSA) is 99.4 Å². The van der Waals surface area contributed by atoms with Crippen molar-refractivity contribution < 1.29 is 14.3 Å². The largest absolute Gasteiger partial charge is 0.497 e. The fourth-order valence-electron chi connectivity index (χ4n) is 1.84. The van der Waals surface area contributed by atoms with Crippen LogP contribution in [0.4, 0.5) is 5.82 Å². The summed E-state index contributed by atoms with van der Waals surface area (Å²) in [5, 5.41) is 10.6. The molecule has 0 radical (unpaired) electrons. The number of anilines is 1. The van der Waals surface area contributed by atoms with Crippen LogP contribution in [-0.4, -0.2) is 30.3 Å². The number of primary amides is 1. The first-order valence-electron chi connectivity index (χ1n) is 6.22. The van der Waals surface area contributed by atoms with Gasteiger partial charge in [0.1, 0.15) is 11.5 Å². The van der Waals surface area contributed by atoms with Crippen molar-refractivity contribution in [2.45, 2.75) is 6.54 Å². The first-order valence-corrected chi connectivity index (χ1v) is 6.22. The fraction of sp³-hybridized carbons (Fsp3) is 0.214. The number of ether oxygens (including phenoxy) is 2. The van der Waals surface area contributed by atoms with E-state index < -0.39 is 5.91 Å². The van der Waals surface area contributed by atoms with Crippen LogP contribution < -0.4 is 20.5 Å². The van der Waals surface area contributed by atoms with Crippen molar-refractivity contribution >= 4 is 11.7 Å². The van der Waals surface area contributed by atoms with Crippen LogP contribution >= 0.6 is 0 Å². The maximum absolute atomic E-state index is 11.3. The van der Waals surface area contributed by atoms with Gasteiger partial charge in [0.05, 0.1) is 26.0 Å². The Hall–Kier alpha value is -2.83. The lowest BCUT2D eigenvalue weighted by Gasteiger charge is -2.12. The zero-order chi connectivity index (χ0) is 15.2. The Morgan fingerprint density at radius 3 is 2.76 bits per heavy atom. The van der Waals surface area contributed by atoms with Gasteiger partial charge in [0.2, 0.25) is 0 Å². The number of amides is 1. The van der Waals surface area contributed by atoms with Gasteiger partial charge in [0.25, 0.3) is 5.91 Å². The van der Waals surface area contributed by atoms with E-state index in [1.165, 1.54) is 12.3 Å². The highest BCUT2D eigenvalue weighted by atomic mass is 16.5. The summed E-state index contributed by atoms with van der Waals surface area (Å²) in [5.74, 6) is 1.15. The second kappa shape index (κ2) is 6.56. The van der Waals surface area contributed by atoms with E-state index in [4.69, 9.17) is 15.2 Å². The van der Waals surface area contributed by atoms with Gasteiger partial charge in [0, 0.05) is 18.2 Å². The summed E-state index contributed by atoms with van der Waals surface area (Å²) in [6.07, 6.45) is 1.42. The molecule has 3 N–H and O–H groups in total. The summed E-state index contributed by atoms with van der Waals surface area (Å²) in [6.45, 7) is 0.409. The predicted octanol–water partition coefficient (Wildman–Crippen LogP) is 1.20. The SMILES string of the molecule is COc1ccc(CNc2nnccc2C(N)=O)c(OC)c1. The van der Waals surface area contributed by atoms with Crippen molar-refractivity contribution in [2.24, 2.45) is 5.73 Å². The molecule has 0 fully saturated rings. The van der Waals surface area contributed by atoms with Crippen LogP contribution in [0.3, 0.4) is 0 Å². The molecule has 0 unspecified atom stereocenters. The van der Waals surface area contributed by atoms with Gasteiger partial charge in [-0.2, -0.15) is 5.10 Å². The summed E-state index contributed by atoms with van der Waals surface area (Å²) >= 11 is 0. The molecular formula is C14H16N4O3. The molecule has 0 saturated heterocycles. The maximum atomic E-state index is 11.3. The molecular weight excluding hydrogens is 272 g/mol. The molecule has 2 aromatic rings. The highest BCUT2D eigenvalue weighted by molar-refractivity contribution is 5.97. The summed E-state index contributed by atoms with van der Waals surface area (Å²) in [5.41, 5.74) is 6.47. The van der Waals surface area contributed by atoms with E-state index in [9.17, 15) is 4.79 Å². The summed E-state index contributed by atoms with van der Waals surface area (Å²) in [4.78, 5) is 11.3. The van der Waals surface area contributed by atoms with Crippen LogP contribution in [0.25, 0.3) is 0 Å². The van der Waals surface area contributed by atoms with Crippen LogP contribution in [0.15, 0.2) is 30.5 Å². The third-order valence-electron chi connectivity index (χ3n) is 2.93. The molecule has 0 bridgehead atoms. The minimum absolute atomic E-state index is 0.289. The Morgan fingerprint density at radius 1 is 1.29 bits per heavy atom. The number of carbonyl (C=O) groups excluding carboxylic acids is 1. The van der Waals surface area contributed by atoms with Crippen molar-refractivity contribution in [2.75, 3.05) is 19.5 Å². The molecule has 1 heterocycles. The van der Waals surface area contributed by atoms with Crippen LogP contribution in [0.5, 0.6) is 11.5 Å². The lowest BCUT2D eigenvalue weighted by atomic mass is 10.2. The van der Waals surface area contributed by atoms with Crippen molar-refractivity contribution in [3.05, 3.63) is 41.6 Å². The van der Waals surface area contributed by atoms with E-state index in [1.807, 2.05) is 12.1 Å². The van der Waals surface area contributed by atoms with Crippen molar-refractivity contribution in [1.82, 2.24) is 10.2 Å². The molecule has 0 atom stereocenters. The third kappa shape index (κ3) is 3.38. The smallest absolute Gasteiger partial charge is 0.252 e. The molecule has 0 spiro atoms. The van der Waals surface area contributed by atoms with Gasteiger partial charge in [-0.15, -0.1) is 5.10 Å². The molecule has 1 amide bonds. The molecule has 1 aromatic carbocycles. The number of nitrogens with zero attached hydrogens (tertiary/aromatic N) is 2. The highest BCUT2D eigenvalue weighted by Crippen LogP contribution is 2.25. The first kappa shape index (κ1) is 14.6. The molecule has 1 aromatic heterocycles. The van der Waals surface area contributed by atoms with Gasteiger partial charge in [-0.3, -0.25) is 4.79 Å². The fourth-order valence-corrected chi connectivity index (χ4v) is 1.84. The average Bonchev–Trinajstić information content (AvgIpc) is 2.52. The number of methoxy groups -OCH3 is 2. The molecule has 110 valence electrons. The normalized spacial score (nSPS) is 10.0. The van der Waals surface area contributed by atoms with Crippen molar-refractivity contribution in [1.29, 1.82) is 0 Å².